The summed E-state index contributed by atoms with van der Waals surface area (Å²) in [5.74, 6) is 0.504. The van der Waals surface area contributed by atoms with Gasteiger partial charge in [-0.3, -0.25) is 0 Å². The highest BCUT2D eigenvalue weighted by Gasteiger charge is 2.12. The fraction of sp³-hybridized carbons (Fsp3) is 0.444. The van der Waals surface area contributed by atoms with E-state index in [1.165, 1.54) is 0 Å². The average Bonchev–Trinajstić information content (AvgIpc) is 2.52. The Hall–Kier alpha value is -1.27. The van der Waals surface area contributed by atoms with Crippen LogP contribution in [0.5, 0.6) is 0 Å². The van der Waals surface area contributed by atoms with E-state index in [9.17, 15) is 0 Å². The Morgan fingerprint density at radius 2 is 2.50 bits per heavy atom. The quantitative estimate of drug-likeness (QED) is 0.688. The Morgan fingerprint density at radius 3 is 3.08 bits per heavy atom. The van der Waals surface area contributed by atoms with Gasteiger partial charge in [-0.15, -0.1) is 0 Å². The van der Waals surface area contributed by atoms with Gasteiger partial charge in [-0.1, -0.05) is 0 Å². The third-order valence-corrected chi connectivity index (χ3v) is 1.67. The Bertz CT molecular complexity index is 285. The molecule has 1 unspecified atom stereocenters. The van der Waals surface area contributed by atoms with E-state index in [1.54, 1.807) is 20.3 Å². The normalized spacial score (nSPS) is 12.4. The molecule has 0 radical (unpaired) electrons. The van der Waals surface area contributed by atoms with E-state index in [4.69, 9.17) is 14.4 Å². The van der Waals surface area contributed by atoms with E-state index in [1.807, 2.05) is 6.07 Å². The van der Waals surface area contributed by atoms with Crippen LogP contribution in [0, 0.1) is 11.3 Å². The Balaban J connectivity index is 2.85. The van der Waals surface area contributed by atoms with Crippen molar-refractivity contribution < 1.29 is 9.15 Å². The van der Waals surface area contributed by atoms with Gasteiger partial charge in [-0.2, -0.15) is 5.26 Å². The van der Waals surface area contributed by atoms with Gasteiger partial charge in [0.2, 0.25) is 0 Å². The molecule has 1 rings (SSSR count). The number of hydrogen-bond acceptors (Lipinski definition) is 3. The second kappa shape index (κ2) is 3.93. The number of rotatable bonds is 3. The first-order valence-electron chi connectivity index (χ1n) is 3.74. The van der Waals surface area contributed by atoms with Crippen molar-refractivity contribution in [3.8, 4) is 6.07 Å². The lowest BCUT2D eigenvalue weighted by molar-refractivity contribution is 0.183. The molecule has 0 saturated heterocycles. The fourth-order valence-electron chi connectivity index (χ4n) is 1.06. The van der Waals surface area contributed by atoms with E-state index in [-0.39, 0.29) is 5.92 Å². The number of furan rings is 1. The molecule has 0 spiro atoms. The molecule has 0 aliphatic heterocycles. The Kier molecular flexibility index (Phi) is 2.89. The molecule has 3 heteroatoms. The van der Waals surface area contributed by atoms with Crippen molar-refractivity contribution in [3.63, 3.8) is 0 Å². The van der Waals surface area contributed by atoms with Crippen molar-refractivity contribution >= 4 is 0 Å². The third kappa shape index (κ3) is 1.66. The maximum absolute atomic E-state index is 8.65. The molecule has 1 aromatic rings. The first-order valence-corrected chi connectivity index (χ1v) is 3.74. The molecule has 0 bridgehead atoms. The smallest absolute Gasteiger partial charge is 0.126 e. The first-order chi connectivity index (χ1) is 5.79. The number of ether oxygens (including phenoxy) is 1. The van der Waals surface area contributed by atoms with Gasteiger partial charge >= 0.3 is 0 Å². The van der Waals surface area contributed by atoms with Gasteiger partial charge in [-0.25, -0.2) is 0 Å². The fourth-order valence-corrected chi connectivity index (χ4v) is 1.06. The lowest BCUT2D eigenvalue weighted by Gasteiger charge is -2.01. The highest BCUT2D eigenvalue weighted by Crippen LogP contribution is 2.20. The SMILES string of the molecule is COCc1ccoc1C(C)C#N. The van der Waals surface area contributed by atoms with Crippen LogP contribution in [-0.4, -0.2) is 7.11 Å². The summed E-state index contributed by atoms with van der Waals surface area (Å²) in [7, 11) is 1.62. The lowest BCUT2D eigenvalue weighted by atomic mass is 10.1. The van der Waals surface area contributed by atoms with Crippen molar-refractivity contribution in [1.29, 1.82) is 5.26 Å². The highest BCUT2D eigenvalue weighted by molar-refractivity contribution is 5.23. The highest BCUT2D eigenvalue weighted by atomic mass is 16.5. The van der Waals surface area contributed by atoms with Crippen molar-refractivity contribution in [2.24, 2.45) is 0 Å². The van der Waals surface area contributed by atoms with E-state index >= 15 is 0 Å². The molecule has 0 saturated carbocycles. The summed E-state index contributed by atoms with van der Waals surface area (Å²) in [5.41, 5.74) is 0.951. The van der Waals surface area contributed by atoms with Gasteiger partial charge in [0, 0.05) is 12.7 Å². The summed E-state index contributed by atoms with van der Waals surface area (Å²) < 4.78 is 10.1. The molecule has 0 fully saturated rings. The molecular formula is C9H11NO2. The van der Waals surface area contributed by atoms with Gasteiger partial charge in [-0.05, 0) is 13.0 Å². The van der Waals surface area contributed by atoms with Crippen LogP contribution in [0.1, 0.15) is 24.2 Å². The summed E-state index contributed by atoms with van der Waals surface area (Å²) >= 11 is 0. The molecule has 0 aromatic carbocycles. The van der Waals surface area contributed by atoms with Crippen molar-refractivity contribution in [1.82, 2.24) is 0 Å². The maximum Gasteiger partial charge on any atom is 0.126 e. The zero-order valence-electron chi connectivity index (χ0n) is 7.20. The van der Waals surface area contributed by atoms with Crippen LogP contribution in [0.4, 0.5) is 0 Å². The van der Waals surface area contributed by atoms with Crippen LogP contribution in [0.15, 0.2) is 16.7 Å². The zero-order chi connectivity index (χ0) is 8.97. The molecule has 0 amide bonds. The van der Waals surface area contributed by atoms with E-state index in [2.05, 4.69) is 6.07 Å². The van der Waals surface area contributed by atoms with Gasteiger partial charge < -0.3 is 9.15 Å². The standard InChI is InChI=1S/C9H11NO2/c1-7(5-10)9-8(6-11-2)3-4-12-9/h3-4,7H,6H2,1-2H3. The van der Waals surface area contributed by atoms with Crippen molar-refractivity contribution in [2.45, 2.75) is 19.4 Å². The molecule has 64 valence electrons. The van der Waals surface area contributed by atoms with Crippen LogP contribution < -0.4 is 0 Å². The summed E-state index contributed by atoms with van der Waals surface area (Å²) in [6.07, 6.45) is 1.58. The summed E-state index contributed by atoms with van der Waals surface area (Å²) in [6, 6.07) is 3.94. The second-order valence-corrected chi connectivity index (χ2v) is 2.59. The van der Waals surface area contributed by atoms with Gasteiger partial charge in [0.15, 0.2) is 0 Å². The van der Waals surface area contributed by atoms with Crippen LogP contribution >= 0.6 is 0 Å². The number of nitrogens with zero attached hydrogens (tertiary/aromatic N) is 1. The van der Waals surface area contributed by atoms with Gasteiger partial charge in [0.05, 0.1) is 18.9 Å². The van der Waals surface area contributed by atoms with E-state index in [0.717, 1.165) is 5.56 Å². The number of hydrogen-bond donors (Lipinski definition) is 0. The summed E-state index contributed by atoms with van der Waals surface area (Å²) in [5, 5.41) is 8.65. The largest absolute Gasteiger partial charge is 0.468 e. The summed E-state index contributed by atoms with van der Waals surface area (Å²) in [6.45, 7) is 2.30. The molecule has 1 aromatic heterocycles. The molecule has 0 aliphatic carbocycles. The Morgan fingerprint density at radius 1 is 1.75 bits per heavy atom. The third-order valence-electron chi connectivity index (χ3n) is 1.67. The van der Waals surface area contributed by atoms with Crippen molar-refractivity contribution in [3.05, 3.63) is 23.7 Å². The van der Waals surface area contributed by atoms with Crippen LogP contribution in [0.3, 0.4) is 0 Å². The van der Waals surface area contributed by atoms with Crippen LogP contribution in [0.25, 0.3) is 0 Å². The predicted octanol–water partition coefficient (Wildman–Crippen LogP) is 2.05. The first kappa shape index (κ1) is 8.82. The lowest BCUT2D eigenvalue weighted by Crippen LogP contribution is -1.94. The minimum Gasteiger partial charge on any atom is -0.468 e. The zero-order valence-corrected chi connectivity index (χ0v) is 7.20. The molecule has 0 N–H and O–H groups in total. The van der Waals surface area contributed by atoms with Gasteiger partial charge in [0.1, 0.15) is 11.7 Å². The van der Waals surface area contributed by atoms with Crippen LogP contribution in [0.2, 0.25) is 0 Å². The molecule has 1 atom stereocenters. The molecular weight excluding hydrogens is 154 g/mol. The second-order valence-electron chi connectivity index (χ2n) is 2.59. The van der Waals surface area contributed by atoms with Crippen LogP contribution in [-0.2, 0) is 11.3 Å². The van der Waals surface area contributed by atoms with Crippen molar-refractivity contribution in [2.75, 3.05) is 7.11 Å². The number of methoxy groups -OCH3 is 1. The van der Waals surface area contributed by atoms with E-state index < -0.39 is 0 Å². The monoisotopic (exact) mass is 165 g/mol. The topological polar surface area (TPSA) is 46.2 Å². The minimum atomic E-state index is -0.204. The predicted molar refractivity (Wildman–Crippen MR) is 43.4 cm³/mol. The molecule has 1 heterocycles. The Labute approximate surface area is 71.6 Å². The molecule has 0 aliphatic rings. The molecule has 12 heavy (non-hydrogen) atoms. The average molecular weight is 165 g/mol. The van der Waals surface area contributed by atoms with Gasteiger partial charge in [0.25, 0.3) is 0 Å². The van der Waals surface area contributed by atoms with E-state index in [0.29, 0.717) is 12.4 Å². The summed E-state index contributed by atoms with van der Waals surface area (Å²) in [4.78, 5) is 0. The molecule has 3 nitrogen and oxygen atoms in total. The maximum atomic E-state index is 8.65. The minimum absolute atomic E-state index is 0.204. The number of nitriles is 1.